The molecule has 0 fully saturated rings. The van der Waals surface area contributed by atoms with Crippen molar-refractivity contribution < 1.29 is 27.8 Å². The van der Waals surface area contributed by atoms with Crippen LogP contribution in [-0.4, -0.2) is 16.1 Å². The summed E-state index contributed by atoms with van der Waals surface area (Å²) in [5, 5.41) is 9.49. The summed E-state index contributed by atoms with van der Waals surface area (Å²) in [6.07, 6.45) is -3.14. The molecule has 8 heteroatoms. The quantitative estimate of drug-likeness (QED) is 0.439. The second kappa shape index (κ2) is 9.51. The van der Waals surface area contributed by atoms with Gasteiger partial charge in [0.2, 0.25) is 0 Å². The molecule has 1 heterocycles. The molecule has 31 heavy (non-hydrogen) atoms. The van der Waals surface area contributed by atoms with Crippen LogP contribution >= 0.6 is 11.3 Å². The molecule has 2 aromatic carbocycles. The molecule has 0 atom stereocenters. The van der Waals surface area contributed by atoms with Crippen LogP contribution in [0.25, 0.3) is 10.6 Å². The number of halogens is 3. The number of nitrogens with zero attached hydrogens (tertiary/aromatic N) is 1. The van der Waals surface area contributed by atoms with Crippen LogP contribution in [0.5, 0.6) is 5.75 Å². The van der Waals surface area contributed by atoms with E-state index in [1.807, 2.05) is 32.0 Å². The molecule has 3 aromatic rings. The highest BCUT2D eigenvalue weighted by atomic mass is 32.1. The number of hydrogen-bond donors (Lipinski definition) is 1. The standard InChI is InChI=1S/C23H22F3NO3S/c1-3-19-20(13-30-18-10-6-15(14(2)12-18)7-11-21(28)29)31-22(27-19)16-4-8-17(9-5-16)23(24,25)26/h4-6,8-10,12H,3,7,11,13H2,1-2H3,(H,28,29). The topological polar surface area (TPSA) is 59.4 Å². The van der Waals surface area contributed by atoms with Gasteiger partial charge in [-0.3, -0.25) is 4.79 Å². The second-order valence-corrected chi connectivity index (χ2v) is 8.17. The van der Waals surface area contributed by atoms with Crippen molar-refractivity contribution >= 4 is 17.3 Å². The minimum absolute atomic E-state index is 0.0779. The predicted molar refractivity (Wildman–Crippen MR) is 113 cm³/mol. The third-order valence-electron chi connectivity index (χ3n) is 4.86. The number of carbonyl (C=O) groups is 1. The normalized spacial score (nSPS) is 11.5. The summed E-state index contributed by atoms with van der Waals surface area (Å²) in [7, 11) is 0. The SMILES string of the molecule is CCc1nc(-c2ccc(C(F)(F)F)cc2)sc1COc1ccc(CCC(=O)O)c(C)c1. The maximum atomic E-state index is 12.8. The van der Waals surface area contributed by atoms with E-state index in [9.17, 15) is 18.0 Å². The maximum absolute atomic E-state index is 12.8. The zero-order valence-electron chi connectivity index (χ0n) is 17.1. The lowest BCUT2D eigenvalue weighted by molar-refractivity contribution is -0.138. The van der Waals surface area contributed by atoms with Crippen LogP contribution in [-0.2, 0) is 30.4 Å². The van der Waals surface area contributed by atoms with Gasteiger partial charge in [0.15, 0.2) is 0 Å². The zero-order valence-corrected chi connectivity index (χ0v) is 17.9. The number of aryl methyl sites for hydroxylation is 3. The number of carboxylic acid groups (broad SMARTS) is 1. The molecule has 0 saturated carbocycles. The number of ether oxygens (including phenoxy) is 1. The fourth-order valence-corrected chi connectivity index (χ4v) is 4.20. The van der Waals surface area contributed by atoms with Gasteiger partial charge in [0.05, 0.1) is 16.1 Å². The van der Waals surface area contributed by atoms with Crippen molar-refractivity contribution in [2.45, 2.75) is 45.9 Å². The van der Waals surface area contributed by atoms with Crippen molar-refractivity contribution in [2.24, 2.45) is 0 Å². The van der Waals surface area contributed by atoms with E-state index in [-0.39, 0.29) is 6.42 Å². The average molecular weight is 449 g/mol. The Labute approximate surface area is 182 Å². The first-order valence-corrected chi connectivity index (χ1v) is 10.6. The van der Waals surface area contributed by atoms with Crippen LogP contribution in [0.3, 0.4) is 0 Å². The van der Waals surface area contributed by atoms with Crippen LogP contribution in [0.2, 0.25) is 0 Å². The van der Waals surface area contributed by atoms with E-state index >= 15 is 0 Å². The van der Waals surface area contributed by atoms with Crippen LogP contribution in [0.4, 0.5) is 13.2 Å². The molecule has 1 N–H and O–H groups in total. The van der Waals surface area contributed by atoms with Gasteiger partial charge in [-0.15, -0.1) is 11.3 Å². The molecule has 4 nitrogen and oxygen atoms in total. The summed E-state index contributed by atoms with van der Waals surface area (Å²) in [6, 6.07) is 10.6. The highest BCUT2D eigenvalue weighted by molar-refractivity contribution is 7.15. The van der Waals surface area contributed by atoms with E-state index in [0.717, 1.165) is 33.8 Å². The van der Waals surface area contributed by atoms with E-state index in [2.05, 4.69) is 4.98 Å². The van der Waals surface area contributed by atoms with E-state index in [1.54, 1.807) is 0 Å². The Balaban J connectivity index is 1.72. The molecular weight excluding hydrogens is 427 g/mol. The molecule has 3 rings (SSSR count). The zero-order chi connectivity index (χ0) is 22.6. The summed E-state index contributed by atoms with van der Waals surface area (Å²) in [5.74, 6) is -0.163. The largest absolute Gasteiger partial charge is 0.488 e. The van der Waals surface area contributed by atoms with Gasteiger partial charge in [-0.2, -0.15) is 13.2 Å². The maximum Gasteiger partial charge on any atom is 0.416 e. The summed E-state index contributed by atoms with van der Waals surface area (Å²) in [6.45, 7) is 4.18. The van der Waals surface area contributed by atoms with Gasteiger partial charge in [0.25, 0.3) is 0 Å². The van der Waals surface area contributed by atoms with Crippen LogP contribution in [0.15, 0.2) is 42.5 Å². The third kappa shape index (κ3) is 5.85. The van der Waals surface area contributed by atoms with Crippen molar-refractivity contribution in [3.8, 4) is 16.3 Å². The van der Waals surface area contributed by atoms with Crippen LogP contribution < -0.4 is 4.74 Å². The van der Waals surface area contributed by atoms with Gasteiger partial charge >= 0.3 is 12.1 Å². The Morgan fingerprint density at radius 3 is 2.45 bits per heavy atom. The summed E-state index contributed by atoms with van der Waals surface area (Å²) >= 11 is 1.41. The van der Waals surface area contributed by atoms with Crippen molar-refractivity contribution in [3.05, 3.63) is 69.7 Å². The van der Waals surface area contributed by atoms with Gasteiger partial charge in [0, 0.05) is 12.0 Å². The number of thiazole rings is 1. The van der Waals surface area contributed by atoms with Crippen molar-refractivity contribution in [2.75, 3.05) is 0 Å². The Bertz CT molecular complexity index is 1060. The molecular formula is C23H22F3NO3S. The van der Waals surface area contributed by atoms with Crippen LogP contribution in [0, 0.1) is 6.92 Å². The lowest BCUT2D eigenvalue weighted by Crippen LogP contribution is -2.03. The first kappa shape index (κ1) is 22.8. The van der Waals surface area contributed by atoms with E-state index in [0.29, 0.717) is 35.8 Å². The number of hydrogen-bond acceptors (Lipinski definition) is 4. The minimum atomic E-state index is -4.36. The van der Waals surface area contributed by atoms with Gasteiger partial charge in [-0.05, 0) is 55.2 Å². The molecule has 1 aromatic heterocycles. The smallest absolute Gasteiger partial charge is 0.416 e. The predicted octanol–water partition coefficient (Wildman–Crippen LogP) is 6.30. The number of alkyl halides is 3. The minimum Gasteiger partial charge on any atom is -0.488 e. The molecule has 0 bridgehead atoms. The van der Waals surface area contributed by atoms with Gasteiger partial charge < -0.3 is 9.84 Å². The number of benzene rings is 2. The molecule has 164 valence electrons. The molecule has 0 saturated heterocycles. The van der Waals surface area contributed by atoms with E-state index in [1.165, 1.54) is 23.5 Å². The Morgan fingerprint density at radius 1 is 1.16 bits per heavy atom. The van der Waals surface area contributed by atoms with E-state index < -0.39 is 17.7 Å². The fourth-order valence-electron chi connectivity index (χ4n) is 3.13. The summed E-state index contributed by atoms with van der Waals surface area (Å²) in [5.41, 5.74) is 2.73. The molecule has 0 aliphatic heterocycles. The van der Waals surface area contributed by atoms with E-state index in [4.69, 9.17) is 9.84 Å². The van der Waals surface area contributed by atoms with Gasteiger partial charge in [0.1, 0.15) is 17.4 Å². The average Bonchev–Trinajstić information content (AvgIpc) is 3.14. The molecule has 0 spiro atoms. The second-order valence-electron chi connectivity index (χ2n) is 7.09. The molecule has 0 radical (unpaired) electrons. The Hall–Kier alpha value is -2.87. The van der Waals surface area contributed by atoms with Crippen molar-refractivity contribution in [3.63, 3.8) is 0 Å². The summed E-state index contributed by atoms with van der Waals surface area (Å²) in [4.78, 5) is 16.3. The lowest BCUT2D eigenvalue weighted by Gasteiger charge is -2.09. The lowest BCUT2D eigenvalue weighted by atomic mass is 10.0. The van der Waals surface area contributed by atoms with Gasteiger partial charge in [-0.1, -0.05) is 25.1 Å². The summed E-state index contributed by atoms with van der Waals surface area (Å²) < 4.78 is 44.3. The highest BCUT2D eigenvalue weighted by Crippen LogP contribution is 2.33. The number of carboxylic acids is 1. The van der Waals surface area contributed by atoms with Crippen molar-refractivity contribution in [1.82, 2.24) is 4.98 Å². The Morgan fingerprint density at radius 2 is 1.87 bits per heavy atom. The third-order valence-corrected chi connectivity index (χ3v) is 5.98. The number of aromatic nitrogens is 1. The molecule has 0 unspecified atom stereocenters. The first-order chi connectivity index (χ1) is 14.7. The highest BCUT2D eigenvalue weighted by Gasteiger charge is 2.30. The molecule has 0 aliphatic rings. The molecule has 0 amide bonds. The first-order valence-electron chi connectivity index (χ1n) is 9.77. The van der Waals surface area contributed by atoms with Gasteiger partial charge in [-0.25, -0.2) is 4.98 Å². The van der Waals surface area contributed by atoms with Crippen LogP contribution in [0.1, 0.15) is 40.6 Å². The monoisotopic (exact) mass is 449 g/mol. The number of aliphatic carboxylic acids is 1. The fraction of sp³-hybridized carbons (Fsp3) is 0.304. The van der Waals surface area contributed by atoms with Crippen molar-refractivity contribution in [1.29, 1.82) is 0 Å². The number of rotatable bonds is 8. The Kier molecular flexibility index (Phi) is 7.00. The molecule has 0 aliphatic carbocycles.